The number of halogens is 2. The molecule has 6 N–H and O–H groups in total. The monoisotopic (exact) mass is 1090 g/mol. The largest absolute Gasteiger partial charge is 0.586 e. The molecule has 1 saturated heterocycles. The van der Waals surface area contributed by atoms with Gasteiger partial charge in [0.1, 0.15) is 5.82 Å². The summed E-state index contributed by atoms with van der Waals surface area (Å²) in [5, 5.41) is 11.4. The van der Waals surface area contributed by atoms with Crippen molar-refractivity contribution in [1.29, 1.82) is 0 Å². The summed E-state index contributed by atoms with van der Waals surface area (Å²) in [7, 11) is 1.31. The van der Waals surface area contributed by atoms with Crippen LogP contribution in [0.15, 0.2) is 94.5 Å². The molecule has 0 radical (unpaired) electrons. The number of thiazole rings is 1. The fraction of sp³-hybridized carbons (Fsp3) is 0.396. The van der Waals surface area contributed by atoms with Gasteiger partial charge >= 0.3 is 12.3 Å². The van der Waals surface area contributed by atoms with Gasteiger partial charge < -0.3 is 55.0 Å². The van der Waals surface area contributed by atoms with Gasteiger partial charge in [0.2, 0.25) is 17.7 Å². The molecule has 0 atom stereocenters. The predicted octanol–water partition coefficient (Wildman–Crippen LogP) is 9.49. The zero-order chi connectivity index (χ0) is 53.4. The molecular formula is C53H62F2N8O9S3. The maximum atomic E-state index is 13.4. The Morgan fingerprint density at radius 2 is 1.65 bits per heavy atom. The Bertz CT molecular complexity index is 2880. The Morgan fingerprint density at radius 3 is 2.39 bits per heavy atom. The van der Waals surface area contributed by atoms with Crippen LogP contribution in [-0.2, 0) is 34.0 Å². The fourth-order valence-electron chi connectivity index (χ4n) is 8.17. The Hall–Kier alpha value is -6.27. The van der Waals surface area contributed by atoms with Crippen LogP contribution >= 0.6 is 34.6 Å². The number of hydrogen-bond donors (Lipinski definition) is 5. The SMILES string of the molecule is CC.COC(=O)c1cccc(-c2nc(NC(=O)C3(c4ccc5c(c4)OC(F)(F)O5)CC3)ccc2C)c1.NCCOCCOCCNC(=O)CCN1CCC(C(=O)Nc2nc3ccc(NSc4cccs4)cc3s2)CC1. The highest BCUT2D eigenvalue weighted by Gasteiger charge is 2.53. The number of esters is 1. The lowest BCUT2D eigenvalue weighted by molar-refractivity contribution is -0.286. The molecule has 75 heavy (non-hydrogen) atoms. The van der Waals surface area contributed by atoms with Crippen LogP contribution < -0.4 is 35.9 Å². The second kappa shape index (κ2) is 27.0. The third kappa shape index (κ3) is 15.7. The van der Waals surface area contributed by atoms with Crippen LogP contribution in [0.25, 0.3) is 21.5 Å². The molecule has 0 spiro atoms. The van der Waals surface area contributed by atoms with Gasteiger partial charge in [-0.15, -0.1) is 20.1 Å². The summed E-state index contributed by atoms with van der Waals surface area (Å²) in [6, 6.07) is 24.9. The van der Waals surface area contributed by atoms with Gasteiger partial charge in [0.25, 0.3) is 0 Å². The summed E-state index contributed by atoms with van der Waals surface area (Å²) in [6.07, 6.45) is -0.611. The number of amides is 3. The first kappa shape index (κ1) is 56.5. The third-order valence-electron chi connectivity index (χ3n) is 12.2. The molecule has 6 aromatic rings. The van der Waals surface area contributed by atoms with Gasteiger partial charge in [-0.3, -0.25) is 14.4 Å². The van der Waals surface area contributed by atoms with Crippen LogP contribution in [0.5, 0.6) is 11.5 Å². The standard InChI is InChI=1S/C26H36N6O4S3.C25H20F2N2O5.C2H6/c27-8-13-35-15-16-36-14-9-28-23(33)7-12-32-10-5-19(6-11-32)25(34)30-26-29-21-4-3-20(18-22(21)38-26)31-39-24-2-1-17-37-24;1-14-6-9-20(28-21(14)15-4-3-5-16(12-15)22(30)32-2)29-23(31)24(10-11-24)17-7-8-18-19(13-17)34-25(26,27)33-18;1-2/h1-4,17-19,31H,5-16,27H2,(H,28,33)(H,29,30,34);3-9,12-13H,10-11H2,1-2H3,(H,28,29,31);1-2H3. The second-order valence-corrected chi connectivity index (χ2v) is 20.4. The molecule has 3 aromatic heterocycles. The number of carbonyl (C=O) groups excluding carboxylic acids is 4. The van der Waals surface area contributed by atoms with Gasteiger partial charge in [0.15, 0.2) is 16.6 Å². The van der Waals surface area contributed by atoms with Crippen LogP contribution in [-0.4, -0.2) is 111 Å². The van der Waals surface area contributed by atoms with Crippen molar-refractivity contribution in [3.05, 3.63) is 107 Å². The molecule has 400 valence electrons. The number of fused-ring (bicyclic) bond motifs is 2. The van der Waals surface area contributed by atoms with E-state index in [1.165, 1.54) is 34.8 Å². The predicted molar refractivity (Wildman–Crippen MR) is 289 cm³/mol. The maximum absolute atomic E-state index is 13.4. The number of aromatic nitrogens is 2. The van der Waals surface area contributed by atoms with Gasteiger partial charge in [0.05, 0.1) is 64.6 Å². The summed E-state index contributed by atoms with van der Waals surface area (Å²) >= 11 is 4.76. The van der Waals surface area contributed by atoms with Gasteiger partial charge in [0, 0.05) is 43.2 Å². The van der Waals surface area contributed by atoms with Crippen molar-refractivity contribution in [3.8, 4) is 22.8 Å². The molecule has 2 fully saturated rings. The van der Waals surface area contributed by atoms with E-state index in [-0.39, 0.29) is 35.1 Å². The van der Waals surface area contributed by atoms with Crippen LogP contribution in [0.2, 0.25) is 0 Å². The van der Waals surface area contributed by atoms with E-state index < -0.39 is 17.7 Å². The first-order chi connectivity index (χ1) is 36.3. The molecule has 9 rings (SSSR count). The number of piperidine rings is 1. The number of alkyl halides is 2. The van der Waals surface area contributed by atoms with Crippen LogP contribution in [0.4, 0.5) is 25.4 Å². The molecule has 17 nitrogen and oxygen atoms in total. The minimum Gasteiger partial charge on any atom is -0.465 e. The van der Waals surface area contributed by atoms with Crippen LogP contribution in [0, 0.1) is 12.8 Å². The number of hydrogen-bond acceptors (Lipinski definition) is 17. The first-order valence-electron chi connectivity index (χ1n) is 24.7. The fourth-order valence-corrected chi connectivity index (χ4v) is 10.5. The maximum Gasteiger partial charge on any atom is 0.586 e. The van der Waals surface area contributed by atoms with E-state index in [1.54, 1.807) is 53.6 Å². The number of ether oxygens (including phenoxy) is 5. The number of methoxy groups -OCH3 is 1. The second-order valence-electron chi connectivity index (χ2n) is 17.4. The van der Waals surface area contributed by atoms with E-state index in [9.17, 15) is 28.0 Å². The quantitative estimate of drug-likeness (QED) is 0.0258. The van der Waals surface area contributed by atoms with Crippen molar-refractivity contribution >= 4 is 85.2 Å². The van der Waals surface area contributed by atoms with Crippen molar-refractivity contribution in [2.45, 2.75) is 68.8 Å². The molecule has 1 aliphatic carbocycles. The summed E-state index contributed by atoms with van der Waals surface area (Å²) in [4.78, 5) is 61.5. The zero-order valence-corrected chi connectivity index (χ0v) is 44.7. The number of benzene rings is 3. The topological polar surface area (TPSA) is 218 Å². The summed E-state index contributed by atoms with van der Waals surface area (Å²) in [6.45, 7) is 11.1. The highest BCUT2D eigenvalue weighted by molar-refractivity contribution is 8.02. The number of carbonyl (C=O) groups is 4. The van der Waals surface area contributed by atoms with Crippen molar-refractivity contribution in [2.24, 2.45) is 11.7 Å². The molecule has 0 bridgehead atoms. The van der Waals surface area contributed by atoms with E-state index >= 15 is 0 Å². The van der Waals surface area contributed by atoms with E-state index in [2.05, 4.69) is 62.5 Å². The Morgan fingerprint density at radius 1 is 0.880 bits per heavy atom. The van der Waals surface area contributed by atoms with Gasteiger partial charge in [-0.1, -0.05) is 55.5 Å². The van der Waals surface area contributed by atoms with Gasteiger partial charge in [-0.05, 0) is 129 Å². The smallest absolute Gasteiger partial charge is 0.465 e. The third-order valence-corrected chi connectivity index (χ3v) is 15.0. The molecule has 3 aromatic carbocycles. The highest BCUT2D eigenvalue weighted by Crippen LogP contribution is 2.52. The molecule has 22 heteroatoms. The minimum absolute atomic E-state index is 0.0113. The summed E-state index contributed by atoms with van der Waals surface area (Å²) < 4.78 is 56.7. The van der Waals surface area contributed by atoms with E-state index in [1.807, 2.05) is 51.1 Å². The molecule has 0 unspecified atom stereocenters. The summed E-state index contributed by atoms with van der Waals surface area (Å²) in [5.41, 5.74) is 9.51. The normalized spacial score (nSPS) is 15.1. The van der Waals surface area contributed by atoms with Crippen LogP contribution in [0.3, 0.4) is 0 Å². The number of aryl methyl sites for hydroxylation is 1. The number of thiophene rings is 1. The first-order valence-corrected chi connectivity index (χ1v) is 27.2. The van der Waals surface area contributed by atoms with E-state index in [0.29, 0.717) is 98.7 Å². The van der Waals surface area contributed by atoms with E-state index in [4.69, 9.17) is 19.9 Å². The van der Waals surface area contributed by atoms with Gasteiger partial charge in [-0.25, -0.2) is 14.8 Å². The minimum atomic E-state index is -3.71. The van der Waals surface area contributed by atoms with Gasteiger partial charge in [-0.2, -0.15) is 0 Å². The molecule has 2 aliphatic heterocycles. The number of pyridine rings is 1. The Kier molecular flexibility index (Phi) is 20.3. The van der Waals surface area contributed by atoms with Crippen molar-refractivity contribution < 1.29 is 51.6 Å². The molecule has 3 amide bonds. The number of likely N-dealkylation sites (tertiary alicyclic amines) is 1. The Balaban J connectivity index is 0.000000213. The van der Waals surface area contributed by atoms with Crippen LogP contribution in [0.1, 0.15) is 67.4 Å². The van der Waals surface area contributed by atoms with Crippen molar-refractivity contribution in [2.75, 3.05) is 81.6 Å². The number of rotatable bonds is 21. The number of anilines is 3. The molecule has 5 heterocycles. The van der Waals surface area contributed by atoms with Crippen molar-refractivity contribution in [3.63, 3.8) is 0 Å². The number of nitrogens with two attached hydrogens (primary N) is 1. The molecule has 1 saturated carbocycles. The number of nitrogens with one attached hydrogen (secondary N) is 4. The summed E-state index contributed by atoms with van der Waals surface area (Å²) in [5.74, 6) is -0.583. The highest BCUT2D eigenvalue weighted by atomic mass is 32.2. The Labute approximate surface area is 446 Å². The van der Waals surface area contributed by atoms with E-state index in [0.717, 1.165) is 47.4 Å². The lowest BCUT2D eigenvalue weighted by atomic mass is 9.94. The average Bonchev–Trinajstić information content (AvgIpc) is 3.69. The number of nitrogens with zero attached hydrogens (tertiary/aromatic N) is 3. The lowest BCUT2D eigenvalue weighted by Gasteiger charge is -2.30. The van der Waals surface area contributed by atoms with Crippen molar-refractivity contribution in [1.82, 2.24) is 20.2 Å². The lowest BCUT2D eigenvalue weighted by Crippen LogP contribution is -2.40. The zero-order valence-electron chi connectivity index (χ0n) is 42.2. The molecule has 3 aliphatic rings. The molecular weight excluding hydrogens is 1030 g/mol. The average molecular weight is 1090 g/mol.